The van der Waals surface area contributed by atoms with E-state index < -0.39 is 6.10 Å². The molecule has 1 atom stereocenters. The predicted octanol–water partition coefficient (Wildman–Crippen LogP) is 1.16. The molecule has 6 heteroatoms. The fraction of sp³-hybridized carbons (Fsp3) is 0.529. The van der Waals surface area contributed by atoms with E-state index in [-0.39, 0.29) is 18.4 Å². The highest BCUT2D eigenvalue weighted by atomic mass is 16.5. The van der Waals surface area contributed by atoms with Crippen molar-refractivity contribution in [2.75, 3.05) is 31.6 Å². The number of benzene rings is 1. The van der Waals surface area contributed by atoms with Crippen LogP contribution in [-0.2, 0) is 9.59 Å². The molecule has 1 aliphatic rings. The molecule has 1 heterocycles. The number of anilines is 1. The Kier molecular flexibility index (Phi) is 5.84. The lowest BCUT2D eigenvalue weighted by atomic mass is 10.1. The minimum atomic E-state index is -0.613. The average Bonchev–Trinajstić information content (AvgIpc) is 2.53. The van der Waals surface area contributed by atoms with E-state index >= 15 is 0 Å². The van der Waals surface area contributed by atoms with Crippen molar-refractivity contribution in [1.29, 1.82) is 0 Å². The lowest BCUT2D eigenvalue weighted by Gasteiger charge is -2.35. The summed E-state index contributed by atoms with van der Waals surface area (Å²) in [5, 5.41) is 5.52. The van der Waals surface area contributed by atoms with Crippen LogP contribution in [0.15, 0.2) is 24.3 Å². The zero-order valence-corrected chi connectivity index (χ0v) is 14.0. The maximum atomic E-state index is 12.2. The first kappa shape index (κ1) is 17.1. The van der Waals surface area contributed by atoms with Gasteiger partial charge in [-0.05, 0) is 24.5 Å². The molecule has 0 saturated heterocycles. The van der Waals surface area contributed by atoms with Crippen LogP contribution in [-0.4, -0.2) is 44.6 Å². The van der Waals surface area contributed by atoms with Gasteiger partial charge < -0.3 is 20.3 Å². The normalized spacial score (nSPS) is 16.5. The third kappa shape index (κ3) is 4.61. The number of nitrogens with one attached hydrogen (secondary N) is 2. The number of rotatable bonds is 6. The van der Waals surface area contributed by atoms with Crippen LogP contribution in [0.25, 0.3) is 0 Å². The van der Waals surface area contributed by atoms with Crippen LogP contribution in [0.3, 0.4) is 0 Å². The van der Waals surface area contributed by atoms with E-state index in [9.17, 15) is 9.59 Å². The van der Waals surface area contributed by atoms with Crippen LogP contribution < -0.4 is 20.3 Å². The van der Waals surface area contributed by atoms with Gasteiger partial charge in [0.25, 0.3) is 5.91 Å². The summed E-state index contributed by atoms with van der Waals surface area (Å²) in [6, 6.07) is 7.46. The molecule has 1 aromatic carbocycles. The lowest BCUT2D eigenvalue weighted by Crippen LogP contribution is -2.50. The molecular weight excluding hydrogens is 294 g/mol. The van der Waals surface area contributed by atoms with E-state index in [0.29, 0.717) is 24.8 Å². The molecular formula is C17H25N3O3. The van der Waals surface area contributed by atoms with Crippen molar-refractivity contribution >= 4 is 17.5 Å². The summed E-state index contributed by atoms with van der Waals surface area (Å²) in [5.74, 6) is 0.946. The SMILES string of the molecule is CNC(=O)[C@@H]1CN(CC(=O)NCCC(C)C)c2ccccc2O1. The zero-order chi connectivity index (χ0) is 16.8. The molecule has 0 aromatic heterocycles. The van der Waals surface area contributed by atoms with Crippen LogP contribution in [0.5, 0.6) is 5.75 Å². The molecule has 0 unspecified atom stereocenters. The van der Waals surface area contributed by atoms with E-state index in [0.717, 1.165) is 12.1 Å². The first-order valence-electron chi connectivity index (χ1n) is 8.00. The molecule has 1 aromatic rings. The molecule has 0 fully saturated rings. The van der Waals surface area contributed by atoms with Gasteiger partial charge in [-0.3, -0.25) is 9.59 Å². The molecule has 23 heavy (non-hydrogen) atoms. The number of amides is 2. The number of fused-ring (bicyclic) bond motifs is 1. The Bertz CT molecular complexity index is 560. The van der Waals surface area contributed by atoms with Gasteiger partial charge in [-0.15, -0.1) is 0 Å². The number of hydrogen-bond donors (Lipinski definition) is 2. The summed E-state index contributed by atoms with van der Waals surface area (Å²) in [7, 11) is 1.58. The van der Waals surface area contributed by atoms with Gasteiger partial charge in [0.1, 0.15) is 5.75 Å². The van der Waals surface area contributed by atoms with E-state index in [4.69, 9.17) is 4.74 Å². The van der Waals surface area contributed by atoms with Crippen LogP contribution in [0, 0.1) is 5.92 Å². The second kappa shape index (κ2) is 7.85. The molecule has 2 N–H and O–H groups in total. The fourth-order valence-electron chi connectivity index (χ4n) is 2.48. The van der Waals surface area contributed by atoms with Gasteiger partial charge >= 0.3 is 0 Å². The summed E-state index contributed by atoms with van der Waals surface area (Å²) >= 11 is 0. The van der Waals surface area contributed by atoms with Crippen LogP contribution in [0.1, 0.15) is 20.3 Å². The number of likely N-dealkylation sites (N-methyl/N-ethyl adjacent to an activating group) is 1. The van der Waals surface area contributed by atoms with Gasteiger partial charge in [0, 0.05) is 13.6 Å². The molecule has 126 valence electrons. The van der Waals surface area contributed by atoms with Gasteiger partial charge in [-0.25, -0.2) is 0 Å². The van der Waals surface area contributed by atoms with Crippen molar-refractivity contribution in [3.05, 3.63) is 24.3 Å². The number of nitrogens with zero attached hydrogens (tertiary/aromatic N) is 1. The zero-order valence-electron chi connectivity index (χ0n) is 14.0. The van der Waals surface area contributed by atoms with Crippen LogP contribution in [0.4, 0.5) is 5.69 Å². The third-order valence-corrected chi connectivity index (χ3v) is 3.78. The van der Waals surface area contributed by atoms with Crippen LogP contribution in [0.2, 0.25) is 0 Å². The monoisotopic (exact) mass is 319 g/mol. The maximum absolute atomic E-state index is 12.2. The second-order valence-electron chi connectivity index (χ2n) is 6.10. The molecule has 0 radical (unpaired) electrons. The van der Waals surface area contributed by atoms with Crippen molar-refractivity contribution in [2.45, 2.75) is 26.4 Å². The number of hydrogen-bond acceptors (Lipinski definition) is 4. The lowest BCUT2D eigenvalue weighted by molar-refractivity contribution is -0.127. The number of carbonyl (C=O) groups excluding carboxylic acids is 2. The van der Waals surface area contributed by atoms with E-state index in [1.54, 1.807) is 7.05 Å². The Morgan fingerprint density at radius 2 is 2.09 bits per heavy atom. The topological polar surface area (TPSA) is 70.7 Å². The second-order valence-corrected chi connectivity index (χ2v) is 6.10. The Hall–Kier alpha value is -2.24. The Labute approximate surface area is 137 Å². The highest BCUT2D eigenvalue weighted by Crippen LogP contribution is 2.32. The predicted molar refractivity (Wildman–Crippen MR) is 89.6 cm³/mol. The van der Waals surface area contributed by atoms with Crippen molar-refractivity contribution in [3.8, 4) is 5.75 Å². The molecule has 0 aliphatic carbocycles. The highest BCUT2D eigenvalue weighted by Gasteiger charge is 2.30. The van der Waals surface area contributed by atoms with Gasteiger partial charge in [0.2, 0.25) is 5.91 Å². The summed E-state index contributed by atoms with van der Waals surface area (Å²) in [5.41, 5.74) is 0.840. The molecule has 0 bridgehead atoms. The number of carbonyl (C=O) groups is 2. The Morgan fingerprint density at radius 1 is 1.35 bits per heavy atom. The first-order valence-corrected chi connectivity index (χ1v) is 8.00. The molecule has 2 rings (SSSR count). The van der Waals surface area contributed by atoms with E-state index in [1.165, 1.54) is 0 Å². The van der Waals surface area contributed by atoms with Gasteiger partial charge in [0.15, 0.2) is 6.10 Å². The van der Waals surface area contributed by atoms with Crippen molar-refractivity contribution < 1.29 is 14.3 Å². The molecule has 0 spiro atoms. The van der Waals surface area contributed by atoms with Crippen molar-refractivity contribution in [2.24, 2.45) is 5.92 Å². The van der Waals surface area contributed by atoms with Crippen LogP contribution >= 0.6 is 0 Å². The molecule has 1 aliphatic heterocycles. The summed E-state index contributed by atoms with van der Waals surface area (Å²) < 4.78 is 5.72. The molecule has 6 nitrogen and oxygen atoms in total. The maximum Gasteiger partial charge on any atom is 0.262 e. The summed E-state index contributed by atoms with van der Waals surface area (Å²) in [4.78, 5) is 25.9. The van der Waals surface area contributed by atoms with E-state index in [1.807, 2.05) is 29.2 Å². The van der Waals surface area contributed by atoms with Gasteiger partial charge in [-0.2, -0.15) is 0 Å². The summed E-state index contributed by atoms with van der Waals surface area (Å²) in [6.07, 6.45) is 0.338. The van der Waals surface area contributed by atoms with E-state index in [2.05, 4.69) is 24.5 Å². The average molecular weight is 319 g/mol. The van der Waals surface area contributed by atoms with Gasteiger partial charge in [-0.1, -0.05) is 26.0 Å². The smallest absolute Gasteiger partial charge is 0.262 e. The van der Waals surface area contributed by atoms with Crippen molar-refractivity contribution in [1.82, 2.24) is 10.6 Å². The first-order chi connectivity index (χ1) is 11.0. The Morgan fingerprint density at radius 3 is 2.78 bits per heavy atom. The minimum absolute atomic E-state index is 0.0435. The minimum Gasteiger partial charge on any atom is -0.477 e. The fourth-order valence-corrected chi connectivity index (χ4v) is 2.48. The van der Waals surface area contributed by atoms with Crippen molar-refractivity contribution in [3.63, 3.8) is 0 Å². The molecule has 0 saturated carbocycles. The Balaban J connectivity index is 2.04. The van der Waals surface area contributed by atoms with Gasteiger partial charge in [0.05, 0.1) is 18.8 Å². The highest BCUT2D eigenvalue weighted by molar-refractivity contribution is 5.86. The third-order valence-electron chi connectivity index (χ3n) is 3.78. The summed E-state index contributed by atoms with van der Waals surface area (Å²) in [6.45, 7) is 5.48. The quantitative estimate of drug-likeness (QED) is 0.825. The number of ether oxygens (including phenoxy) is 1. The standard InChI is InChI=1S/C17H25N3O3/c1-12(2)8-9-19-16(21)11-20-10-15(17(22)18-3)23-14-7-5-4-6-13(14)20/h4-7,12,15H,8-11H2,1-3H3,(H,18,22)(H,19,21)/t15-/m0/s1. The number of para-hydroxylation sites is 2. The molecule has 2 amide bonds. The largest absolute Gasteiger partial charge is 0.477 e.